The molecule has 150 valence electrons. The van der Waals surface area contributed by atoms with Crippen LogP contribution in [0.25, 0.3) is 0 Å². The number of carbonyl (C=O) groups is 2. The SMILES string of the molecule is Cc1cc(NC(=O)c2nc(C(=O)NCc3ccc(F)cc3)c3n2CCCC3)no1. The summed E-state index contributed by atoms with van der Waals surface area (Å²) >= 11 is 0. The number of nitrogens with one attached hydrogen (secondary N) is 2. The average Bonchev–Trinajstić information content (AvgIpc) is 3.31. The van der Waals surface area contributed by atoms with Gasteiger partial charge in [0.25, 0.3) is 11.8 Å². The number of imidazole rings is 1. The molecule has 0 radical (unpaired) electrons. The summed E-state index contributed by atoms with van der Waals surface area (Å²) in [5, 5.41) is 9.20. The second kappa shape index (κ2) is 7.86. The van der Waals surface area contributed by atoms with Crippen molar-refractivity contribution < 1.29 is 18.5 Å². The molecule has 2 N–H and O–H groups in total. The van der Waals surface area contributed by atoms with Crippen molar-refractivity contribution in [3.8, 4) is 0 Å². The number of hydrogen-bond donors (Lipinski definition) is 2. The Morgan fingerprint density at radius 1 is 1.21 bits per heavy atom. The highest BCUT2D eigenvalue weighted by Crippen LogP contribution is 2.22. The first kappa shape index (κ1) is 18.9. The summed E-state index contributed by atoms with van der Waals surface area (Å²) in [5.41, 5.74) is 1.76. The fraction of sp³-hybridized carbons (Fsp3) is 0.300. The van der Waals surface area contributed by atoms with Crippen LogP contribution in [-0.2, 0) is 19.5 Å². The molecular formula is C20H20FN5O3. The minimum Gasteiger partial charge on any atom is -0.360 e. The highest BCUT2D eigenvalue weighted by molar-refractivity contribution is 6.03. The minimum atomic E-state index is -0.445. The number of fused-ring (bicyclic) bond motifs is 1. The lowest BCUT2D eigenvalue weighted by Gasteiger charge is -2.16. The molecule has 29 heavy (non-hydrogen) atoms. The van der Waals surface area contributed by atoms with Crippen molar-refractivity contribution >= 4 is 17.6 Å². The third-order valence-electron chi connectivity index (χ3n) is 4.77. The number of nitrogens with zero attached hydrogens (tertiary/aromatic N) is 3. The van der Waals surface area contributed by atoms with Gasteiger partial charge in [0, 0.05) is 19.2 Å². The Bertz CT molecular complexity index is 1050. The Balaban J connectivity index is 1.54. The Morgan fingerprint density at radius 2 is 2.00 bits per heavy atom. The Kier molecular flexibility index (Phi) is 5.11. The molecule has 0 atom stereocenters. The summed E-state index contributed by atoms with van der Waals surface area (Å²) < 4.78 is 19.8. The Morgan fingerprint density at radius 3 is 2.72 bits per heavy atom. The first-order chi connectivity index (χ1) is 14.0. The van der Waals surface area contributed by atoms with Crippen molar-refractivity contribution in [3.05, 3.63) is 64.7 Å². The van der Waals surface area contributed by atoms with Crippen molar-refractivity contribution in [2.75, 3.05) is 5.32 Å². The molecule has 0 bridgehead atoms. The zero-order valence-corrected chi connectivity index (χ0v) is 15.9. The monoisotopic (exact) mass is 397 g/mol. The molecule has 1 aliphatic heterocycles. The van der Waals surface area contributed by atoms with Gasteiger partial charge >= 0.3 is 0 Å². The van der Waals surface area contributed by atoms with Crippen molar-refractivity contribution in [3.63, 3.8) is 0 Å². The normalized spacial score (nSPS) is 13.0. The van der Waals surface area contributed by atoms with Gasteiger partial charge in [0.15, 0.2) is 11.6 Å². The van der Waals surface area contributed by atoms with Crippen LogP contribution in [0.15, 0.2) is 34.9 Å². The van der Waals surface area contributed by atoms with Crippen molar-refractivity contribution in [2.45, 2.75) is 39.3 Å². The van der Waals surface area contributed by atoms with E-state index in [1.54, 1.807) is 29.7 Å². The molecule has 4 rings (SSSR count). The van der Waals surface area contributed by atoms with E-state index in [0.29, 0.717) is 24.5 Å². The summed E-state index contributed by atoms with van der Waals surface area (Å²) in [6.45, 7) is 2.59. The van der Waals surface area contributed by atoms with Crippen LogP contribution in [-0.4, -0.2) is 26.5 Å². The number of aromatic nitrogens is 3. The number of aryl methyl sites for hydroxylation is 1. The van der Waals surface area contributed by atoms with Crippen LogP contribution in [0, 0.1) is 12.7 Å². The molecule has 0 unspecified atom stereocenters. The second-order valence-corrected chi connectivity index (χ2v) is 6.93. The first-order valence-electron chi connectivity index (χ1n) is 9.38. The highest BCUT2D eigenvalue weighted by Gasteiger charge is 2.27. The zero-order chi connectivity index (χ0) is 20.4. The molecule has 0 spiro atoms. The lowest BCUT2D eigenvalue weighted by atomic mass is 10.1. The number of benzene rings is 1. The van der Waals surface area contributed by atoms with Gasteiger partial charge < -0.3 is 19.7 Å². The van der Waals surface area contributed by atoms with Gasteiger partial charge in [-0.15, -0.1) is 0 Å². The molecule has 0 aliphatic carbocycles. The average molecular weight is 397 g/mol. The van der Waals surface area contributed by atoms with E-state index >= 15 is 0 Å². The number of hydrogen-bond acceptors (Lipinski definition) is 5. The lowest BCUT2D eigenvalue weighted by molar-refractivity contribution is 0.0945. The zero-order valence-electron chi connectivity index (χ0n) is 15.9. The molecule has 8 nitrogen and oxygen atoms in total. The van der Waals surface area contributed by atoms with Gasteiger partial charge in [-0.05, 0) is 43.9 Å². The van der Waals surface area contributed by atoms with Crippen molar-refractivity contribution in [1.29, 1.82) is 0 Å². The fourth-order valence-electron chi connectivity index (χ4n) is 3.36. The molecule has 3 aromatic rings. The minimum absolute atomic E-state index is 0.173. The fourth-order valence-corrected chi connectivity index (χ4v) is 3.36. The van der Waals surface area contributed by atoms with Gasteiger partial charge in [0.05, 0.1) is 5.69 Å². The highest BCUT2D eigenvalue weighted by atomic mass is 19.1. The predicted molar refractivity (Wildman–Crippen MR) is 102 cm³/mol. The Hall–Kier alpha value is -3.49. The number of rotatable bonds is 5. The maximum absolute atomic E-state index is 13.0. The van der Waals surface area contributed by atoms with E-state index in [0.717, 1.165) is 24.1 Å². The van der Waals surface area contributed by atoms with E-state index in [2.05, 4.69) is 20.8 Å². The standard InChI is InChI=1S/C20H20FN5O3/c1-12-10-16(25-29-12)23-20(28)18-24-17(15-4-2-3-9-26(15)18)19(27)22-11-13-5-7-14(21)8-6-13/h5-8,10H,2-4,9,11H2,1H3,(H,22,27)(H,23,25,28). The molecule has 2 aromatic heterocycles. The number of amides is 2. The van der Waals surface area contributed by atoms with Crippen LogP contribution in [0.1, 0.15) is 51.0 Å². The Labute approximate surface area is 166 Å². The van der Waals surface area contributed by atoms with Gasteiger partial charge in [-0.3, -0.25) is 9.59 Å². The molecular weight excluding hydrogens is 377 g/mol. The number of halogens is 1. The summed E-state index contributed by atoms with van der Waals surface area (Å²) in [4.78, 5) is 29.8. The number of carbonyl (C=O) groups excluding carboxylic acids is 2. The predicted octanol–water partition coefficient (Wildman–Crippen LogP) is 2.84. The van der Waals surface area contributed by atoms with Crippen molar-refractivity contribution in [2.24, 2.45) is 0 Å². The molecule has 1 aliphatic rings. The topological polar surface area (TPSA) is 102 Å². The van der Waals surface area contributed by atoms with E-state index in [-0.39, 0.29) is 29.8 Å². The quantitative estimate of drug-likeness (QED) is 0.689. The molecule has 0 fully saturated rings. The second-order valence-electron chi connectivity index (χ2n) is 6.93. The van der Waals surface area contributed by atoms with Crippen LogP contribution in [0.4, 0.5) is 10.2 Å². The van der Waals surface area contributed by atoms with Crippen LogP contribution in [0.2, 0.25) is 0 Å². The van der Waals surface area contributed by atoms with Crippen LogP contribution in [0.5, 0.6) is 0 Å². The van der Waals surface area contributed by atoms with E-state index in [4.69, 9.17) is 4.52 Å². The maximum atomic E-state index is 13.0. The molecule has 9 heteroatoms. The molecule has 2 amide bonds. The molecule has 1 aromatic carbocycles. The van der Waals surface area contributed by atoms with Gasteiger partial charge in [-0.2, -0.15) is 0 Å². The smallest absolute Gasteiger partial charge is 0.292 e. The summed E-state index contributed by atoms with van der Waals surface area (Å²) in [5.74, 6) is -0.0990. The van der Waals surface area contributed by atoms with E-state index < -0.39 is 5.91 Å². The van der Waals surface area contributed by atoms with E-state index in [9.17, 15) is 14.0 Å². The molecule has 0 saturated carbocycles. The lowest BCUT2D eigenvalue weighted by Crippen LogP contribution is -2.25. The largest absolute Gasteiger partial charge is 0.360 e. The maximum Gasteiger partial charge on any atom is 0.292 e. The van der Waals surface area contributed by atoms with E-state index in [1.807, 2.05) is 0 Å². The van der Waals surface area contributed by atoms with Gasteiger partial charge in [-0.1, -0.05) is 17.3 Å². The van der Waals surface area contributed by atoms with Crippen molar-refractivity contribution in [1.82, 2.24) is 20.0 Å². The van der Waals surface area contributed by atoms with Gasteiger partial charge in [-0.25, -0.2) is 9.37 Å². The van der Waals surface area contributed by atoms with Crippen LogP contribution in [0.3, 0.4) is 0 Å². The summed E-state index contributed by atoms with van der Waals surface area (Å²) in [6.07, 6.45) is 2.50. The first-order valence-corrected chi connectivity index (χ1v) is 9.38. The molecule has 3 heterocycles. The third-order valence-corrected chi connectivity index (χ3v) is 4.77. The van der Waals surface area contributed by atoms with Gasteiger partial charge in [0.2, 0.25) is 0 Å². The summed E-state index contributed by atoms with van der Waals surface area (Å²) in [6, 6.07) is 7.50. The summed E-state index contributed by atoms with van der Waals surface area (Å²) in [7, 11) is 0. The van der Waals surface area contributed by atoms with E-state index in [1.165, 1.54) is 12.1 Å². The van der Waals surface area contributed by atoms with Crippen LogP contribution >= 0.6 is 0 Å². The third kappa shape index (κ3) is 4.03. The molecule has 0 saturated heterocycles. The van der Waals surface area contributed by atoms with Gasteiger partial charge in [0.1, 0.15) is 17.3 Å². The number of anilines is 1. The van der Waals surface area contributed by atoms with Crippen LogP contribution < -0.4 is 10.6 Å².